The van der Waals surface area contributed by atoms with Crippen molar-refractivity contribution in [2.45, 2.75) is 9.92 Å². The Hall–Kier alpha value is -2.28. The van der Waals surface area contributed by atoms with Crippen molar-refractivity contribution < 1.29 is 5.21 Å². The molecule has 2 rings (SSSR count). The smallest absolute Gasteiger partial charge is 0.331 e. The van der Waals surface area contributed by atoms with Gasteiger partial charge in [-0.05, 0) is 12.1 Å². The van der Waals surface area contributed by atoms with E-state index < -0.39 is 11.2 Å². The van der Waals surface area contributed by atoms with Crippen LogP contribution >= 0.6 is 11.8 Å². The van der Waals surface area contributed by atoms with Crippen LogP contribution in [0.2, 0.25) is 0 Å². The zero-order chi connectivity index (χ0) is 14.7. The van der Waals surface area contributed by atoms with E-state index >= 15 is 0 Å². The molecule has 2 aromatic rings. The zero-order valence-electron chi connectivity index (χ0n) is 11.0. The topological polar surface area (TPSA) is 76.6 Å². The van der Waals surface area contributed by atoms with Gasteiger partial charge in [0, 0.05) is 19.0 Å². The van der Waals surface area contributed by atoms with Gasteiger partial charge < -0.3 is 5.21 Å². The molecule has 1 heterocycles. The van der Waals surface area contributed by atoms with Crippen molar-refractivity contribution in [3.8, 4) is 0 Å². The monoisotopic (exact) mass is 291 g/mol. The summed E-state index contributed by atoms with van der Waals surface area (Å²) in [6, 6.07) is 9.34. The lowest BCUT2D eigenvalue weighted by atomic mass is 10.3. The maximum Gasteiger partial charge on any atom is 0.331 e. The van der Waals surface area contributed by atoms with Gasteiger partial charge in [-0.1, -0.05) is 35.1 Å². The Morgan fingerprint density at radius 3 is 2.40 bits per heavy atom. The fourth-order valence-corrected chi connectivity index (χ4v) is 2.72. The summed E-state index contributed by atoms with van der Waals surface area (Å²) in [6.07, 6.45) is 1.05. The van der Waals surface area contributed by atoms with Gasteiger partial charge in [-0.2, -0.15) is 0 Å². The Bertz CT molecular complexity index is 763. The number of hydrogen-bond acceptors (Lipinski definition) is 5. The Morgan fingerprint density at radius 1 is 1.15 bits per heavy atom. The van der Waals surface area contributed by atoms with Crippen molar-refractivity contribution in [3.63, 3.8) is 0 Å². The van der Waals surface area contributed by atoms with E-state index in [-0.39, 0.29) is 5.56 Å². The van der Waals surface area contributed by atoms with Gasteiger partial charge in [0.2, 0.25) is 0 Å². The molecule has 0 saturated carbocycles. The first-order chi connectivity index (χ1) is 9.56. The summed E-state index contributed by atoms with van der Waals surface area (Å²) < 4.78 is 2.34. The molecule has 1 N–H and O–H groups in total. The summed E-state index contributed by atoms with van der Waals surface area (Å²) >= 11 is 1.27. The number of benzene rings is 1. The second-order valence-electron chi connectivity index (χ2n) is 4.08. The molecule has 0 aliphatic heterocycles. The number of oxime groups is 1. The van der Waals surface area contributed by atoms with Crippen molar-refractivity contribution >= 4 is 18.0 Å². The van der Waals surface area contributed by atoms with Crippen LogP contribution < -0.4 is 11.2 Å². The molecular formula is C13H13N3O3S. The molecular weight excluding hydrogens is 278 g/mol. The van der Waals surface area contributed by atoms with Gasteiger partial charge in [0.05, 0.1) is 16.8 Å². The molecule has 0 aliphatic rings. The Morgan fingerprint density at radius 2 is 1.80 bits per heavy atom. The zero-order valence-corrected chi connectivity index (χ0v) is 11.8. The van der Waals surface area contributed by atoms with Gasteiger partial charge in [-0.3, -0.25) is 13.9 Å². The molecule has 7 heteroatoms. The van der Waals surface area contributed by atoms with Crippen LogP contribution in [-0.4, -0.2) is 20.6 Å². The van der Waals surface area contributed by atoms with Gasteiger partial charge in [0.25, 0.3) is 5.56 Å². The van der Waals surface area contributed by atoms with Crippen LogP contribution in [-0.2, 0) is 14.1 Å². The second-order valence-corrected chi connectivity index (χ2v) is 5.15. The molecule has 0 bridgehead atoms. The molecule has 0 radical (unpaired) electrons. The van der Waals surface area contributed by atoms with Gasteiger partial charge in [0.1, 0.15) is 0 Å². The molecule has 6 nitrogen and oxygen atoms in total. The summed E-state index contributed by atoms with van der Waals surface area (Å²) in [5.74, 6) is 0. The molecule has 1 aromatic carbocycles. The van der Waals surface area contributed by atoms with Gasteiger partial charge in [-0.25, -0.2) is 4.79 Å². The van der Waals surface area contributed by atoms with E-state index in [9.17, 15) is 9.59 Å². The van der Waals surface area contributed by atoms with E-state index in [0.717, 1.165) is 15.7 Å². The van der Waals surface area contributed by atoms with Crippen LogP contribution in [0.5, 0.6) is 0 Å². The van der Waals surface area contributed by atoms with Crippen LogP contribution in [0, 0.1) is 0 Å². The molecule has 0 unspecified atom stereocenters. The second kappa shape index (κ2) is 5.79. The summed E-state index contributed by atoms with van der Waals surface area (Å²) in [5, 5.41) is 12.1. The molecule has 0 aliphatic carbocycles. The van der Waals surface area contributed by atoms with Gasteiger partial charge in [-0.15, -0.1) is 0 Å². The summed E-state index contributed by atoms with van der Waals surface area (Å²) in [4.78, 5) is 24.9. The minimum Gasteiger partial charge on any atom is -0.411 e. The molecule has 20 heavy (non-hydrogen) atoms. The fraction of sp³-hybridized carbons (Fsp3) is 0.154. The molecule has 0 fully saturated rings. The lowest BCUT2D eigenvalue weighted by Crippen LogP contribution is -2.39. The summed E-state index contributed by atoms with van der Waals surface area (Å²) in [6.45, 7) is 0. The van der Waals surface area contributed by atoms with Crippen molar-refractivity contribution in [3.05, 3.63) is 56.7 Å². The average molecular weight is 291 g/mol. The first-order valence-corrected chi connectivity index (χ1v) is 6.58. The fourth-order valence-electron chi connectivity index (χ4n) is 1.74. The van der Waals surface area contributed by atoms with Gasteiger partial charge >= 0.3 is 5.69 Å². The van der Waals surface area contributed by atoms with Crippen molar-refractivity contribution in [2.24, 2.45) is 19.3 Å². The lowest BCUT2D eigenvalue weighted by Gasteiger charge is -2.12. The Balaban J connectivity index is 2.68. The number of aromatic nitrogens is 2. The average Bonchev–Trinajstić information content (AvgIpc) is 2.47. The third-order valence-corrected chi connectivity index (χ3v) is 3.98. The number of hydrogen-bond donors (Lipinski definition) is 1. The number of nitrogens with zero attached hydrogens (tertiary/aromatic N) is 3. The van der Waals surface area contributed by atoms with Crippen LogP contribution in [0.15, 0.2) is 55.0 Å². The van der Waals surface area contributed by atoms with Gasteiger partial charge in [0.15, 0.2) is 0 Å². The predicted molar refractivity (Wildman–Crippen MR) is 76.9 cm³/mol. The summed E-state index contributed by atoms with van der Waals surface area (Å²) in [7, 11) is 2.96. The van der Waals surface area contributed by atoms with Crippen molar-refractivity contribution in [1.82, 2.24) is 9.13 Å². The highest BCUT2D eigenvalue weighted by Crippen LogP contribution is 2.27. The normalized spacial score (nSPS) is 11.1. The predicted octanol–water partition coefficient (Wildman–Crippen LogP) is 1.04. The minimum atomic E-state index is -0.496. The third-order valence-electron chi connectivity index (χ3n) is 2.79. The van der Waals surface area contributed by atoms with E-state index in [1.54, 1.807) is 7.05 Å². The Labute approximate surface area is 119 Å². The molecule has 104 valence electrons. The molecule has 0 spiro atoms. The van der Waals surface area contributed by atoms with E-state index in [0.29, 0.717) is 5.03 Å². The molecule has 1 aromatic heterocycles. The highest BCUT2D eigenvalue weighted by molar-refractivity contribution is 7.99. The highest BCUT2D eigenvalue weighted by atomic mass is 32.2. The maximum absolute atomic E-state index is 12.1. The number of rotatable bonds is 3. The van der Waals surface area contributed by atoms with Crippen LogP contribution in [0.25, 0.3) is 0 Å². The third kappa shape index (κ3) is 2.53. The first-order valence-electron chi connectivity index (χ1n) is 5.76. The molecule has 0 saturated heterocycles. The standard InChI is InChI=1S/C13H13N3O3S/c1-15-11(17)10(8-14-19)12(16(2)13(15)18)20-9-6-4-3-5-7-9/h3-8,19H,1-2H3. The summed E-state index contributed by atoms with van der Waals surface area (Å²) in [5.41, 5.74) is -0.751. The van der Waals surface area contributed by atoms with Crippen LogP contribution in [0.4, 0.5) is 0 Å². The van der Waals surface area contributed by atoms with E-state index in [4.69, 9.17) is 5.21 Å². The van der Waals surface area contributed by atoms with Crippen LogP contribution in [0.3, 0.4) is 0 Å². The molecule has 0 atom stereocenters. The highest BCUT2D eigenvalue weighted by Gasteiger charge is 2.15. The minimum absolute atomic E-state index is 0.172. The quantitative estimate of drug-likeness (QED) is 0.397. The largest absolute Gasteiger partial charge is 0.411 e. The van der Waals surface area contributed by atoms with Crippen molar-refractivity contribution in [1.29, 1.82) is 0 Å². The maximum atomic E-state index is 12.1. The lowest BCUT2D eigenvalue weighted by molar-refractivity contribution is 0.321. The molecule has 0 amide bonds. The van der Waals surface area contributed by atoms with E-state index in [1.165, 1.54) is 23.4 Å². The SMILES string of the molecule is Cn1c(Sc2ccccc2)c(C=NO)c(=O)n(C)c1=O. The van der Waals surface area contributed by atoms with E-state index in [2.05, 4.69) is 5.16 Å². The van der Waals surface area contributed by atoms with Crippen LogP contribution in [0.1, 0.15) is 5.56 Å². The Kier molecular flexibility index (Phi) is 4.09. The first kappa shape index (κ1) is 14.1. The van der Waals surface area contributed by atoms with Crippen molar-refractivity contribution in [2.75, 3.05) is 0 Å². The van der Waals surface area contributed by atoms with E-state index in [1.807, 2.05) is 30.3 Å².